The first-order valence-corrected chi connectivity index (χ1v) is 4.32. The number of carbonyl (C=O) groups is 1. The molecule has 15 heavy (non-hydrogen) atoms. The monoisotopic (exact) mass is 241 g/mol. The Labute approximate surface area is 87.8 Å². The van der Waals surface area contributed by atoms with Crippen LogP contribution in [-0.2, 0) is 4.79 Å². The molecule has 0 fully saturated rings. The summed E-state index contributed by atoms with van der Waals surface area (Å²) in [7, 11) is 0. The number of aromatic amines is 1. The zero-order chi connectivity index (χ0) is 11.5. The predicted octanol–water partition coefficient (Wildman–Crippen LogP) is 2.34. The van der Waals surface area contributed by atoms with E-state index in [-0.39, 0.29) is 10.8 Å². The van der Waals surface area contributed by atoms with Crippen LogP contribution in [0.15, 0.2) is 6.20 Å². The van der Waals surface area contributed by atoms with Crippen molar-refractivity contribution in [2.45, 2.75) is 19.0 Å². The predicted molar refractivity (Wildman–Crippen MR) is 47.5 cm³/mol. The van der Waals surface area contributed by atoms with E-state index in [1.165, 1.54) is 6.20 Å². The van der Waals surface area contributed by atoms with E-state index in [4.69, 9.17) is 11.6 Å². The average molecular weight is 242 g/mol. The lowest BCUT2D eigenvalue weighted by atomic mass is 10.3. The van der Waals surface area contributed by atoms with Gasteiger partial charge in [-0.1, -0.05) is 11.6 Å². The van der Waals surface area contributed by atoms with Crippen molar-refractivity contribution in [1.82, 2.24) is 10.2 Å². The summed E-state index contributed by atoms with van der Waals surface area (Å²) in [5.74, 6) is -0.754. The highest BCUT2D eigenvalue weighted by Gasteiger charge is 2.28. The maximum Gasteiger partial charge on any atom is 0.389 e. The summed E-state index contributed by atoms with van der Waals surface area (Å²) < 4.78 is 35.2. The minimum atomic E-state index is -4.34. The lowest BCUT2D eigenvalue weighted by Crippen LogP contribution is -2.16. The van der Waals surface area contributed by atoms with Crippen LogP contribution in [0.4, 0.5) is 18.9 Å². The van der Waals surface area contributed by atoms with Gasteiger partial charge in [0.1, 0.15) is 5.15 Å². The molecular weight excluding hydrogens is 235 g/mol. The SMILES string of the molecule is O=C(CCC(F)(F)F)Nc1cn[nH]c1Cl. The van der Waals surface area contributed by atoms with Crippen molar-refractivity contribution in [1.29, 1.82) is 0 Å². The number of H-pyrrole nitrogens is 1. The fraction of sp³-hybridized carbons (Fsp3) is 0.429. The van der Waals surface area contributed by atoms with Crippen molar-refractivity contribution in [3.05, 3.63) is 11.3 Å². The third-order valence-corrected chi connectivity index (χ3v) is 1.79. The number of alkyl halides is 3. The molecule has 0 spiro atoms. The summed E-state index contributed by atoms with van der Waals surface area (Å²) >= 11 is 5.52. The molecule has 8 heteroatoms. The third-order valence-electron chi connectivity index (χ3n) is 1.50. The van der Waals surface area contributed by atoms with E-state index in [9.17, 15) is 18.0 Å². The highest BCUT2D eigenvalue weighted by atomic mass is 35.5. The van der Waals surface area contributed by atoms with Gasteiger partial charge in [-0.05, 0) is 0 Å². The number of rotatable bonds is 3. The molecule has 0 aliphatic carbocycles. The molecule has 1 aromatic heterocycles. The number of nitrogens with one attached hydrogen (secondary N) is 2. The Kier molecular flexibility index (Phi) is 3.57. The van der Waals surface area contributed by atoms with Crippen LogP contribution in [0.25, 0.3) is 0 Å². The number of hydrogen-bond acceptors (Lipinski definition) is 2. The molecule has 0 radical (unpaired) electrons. The molecule has 0 saturated heterocycles. The molecule has 0 saturated carbocycles. The first-order chi connectivity index (χ1) is 6.88. The highest BCUT2D eigenvalue weighted by Crippen LogP contribution is 2.22. The van der Waals surface area contributed by atoms with Crippen molar-refractivity contribution in [2.24, 2.45) is 0 Å². The molecule has 0 aromatic carbocycles. The standard InChI is InChI=1S/C7H7ClF3N3O/c8-6-4(3-12-14-6)13-5(15)1-2-7(9,10)11/h3H,1-2H2,(H,12,14)(H,13,15). The molecule has 0 unspecified atom stereocenters. The van der Waals surface area contributed by atoms with Crippen LogP contribution in [0, 0.1) is 0 Å². The van der Waals surface area contributed by atoms with Crippen molar-refractivity contribution in [3.63, 3.8) is 0 Å². The summed E-state index contributed by atoms with van der Waals surface area (Å²) in [6.45, 7) is 0. The van der Waals surface area contributed by atoms with Gasteiger partial charge >= 0.3 is 6.18 Å². The zero-order valence-electron chi connectivity index (χ0n) is 7.36. The van der Waals surface area contributed by atoms with E-state index in [0.29, 0.717) is 0 Å². The van der Waals surface area contributed by atoms with Gasteiger partial charge in [-0.25, -0.2) is 0 Å². The molecule has 4 nitrogen and oxygen atoms in total. The number of nitrogens with zero attached hydrogens (tertiary/aromatic N) is 1. The third kappa shape index (κ3) is 4.20. The lowest BCUT2D eigenvalue weighted by Gasteiger charge is -2.05. The fourth-order valence-electron chi connectivity index (χ4n) is 0.826. The molecule has 0 bridgehead atoms. The quantitative estimate of drug-likeness (QED) is 0.853. The fourth-order valence-corrected chi connectivity index (χ4v) is 0.970. The van der Waals surface area contributed by atoms with E-state index in [1.807, 2.05) is 0 Å². The smallest absolute Gasteiger partial charge is 0.322 e. The average Bonchev–Trinajstić information content (AvgIpc) is 2.47. The molecule has 2 N–H and O–H groups in total. The van der Waals surface area contributed by atoms with Gasteiger partial charge in [0.25, 0.3) is 0 Å². The van der Waals surface area contributed by atoms with E-state index < -0.39 is 24.9 Å². The lowest BCUT2D eigenvalue weighted by molar-refractivity contribution is -0.142. The van der Waals surface area contributed by atoms with Gasteiger partial charge in [-0.2, -0.15) is 18.3 Å². The largest absolute Gasteiger partial charge is 0.389 e. The van der Waals surface area contributed by atoms with Crippen LogP contribution >= 0.6 is 11.6 Å². The molecule has 1 amide bonds. The van der Waals surface area contributed by atoms with Gasteiger partial charge < -0.3 is 5.32 Å². The molecule has 84 valence electrons. The van der Waals surface area contributed by atoms with Gasteiger partial charge in [0.05, 0.1) is 18.3 Å². The van der Waals surface area contributed by atoms with Gasteiger partial charge in [0.15, 0.2) is 0 Å². The Bertz CT molecular complexity index is 349. The highest BCUT2D eigenvalue weighted by molar-refractivity contribution is 6.32. The minimum absolute atomic E-state index is 0.0790. The Morgan fingerprint density at radius 2 is 2.27 bits per heavy atom. The van der Waals surface area contributed by atoms with Gasteiger partial charge in [-0.15, -0.1) is 0 Å². The molecular formula is C7H7ClF3N3O. The second kappa shape index (κ2) is 4.52. The summed E-state index contributed by atoms with van der Waals surface area (Å²) in [6, 6.07) is 0. The van der Waals surface area contributed by atoms with Gasteiger partial charge in [-0.3, -0.25) is 9.89 Å². The topological polar surface area (TPSA) is 57.8 Å². The summed E-state index contributed by atoms with van der Waals surface area (Å²) in [5, 5.41) is 8.09. The number of aromatic nitrogens is 2. The van der Waals surface area contributed by atoms with E-state index in [0.717, 1.165) is 0 Å². The Balaban J connectivity index is 2.41. The minimum Gasteiger partial charge on any atom is -0.322 e. The summed E-state index contributed by atoms with van der Waals surface area (Å²) in [4.78, 5) is 11.0. The van der Waals surface area contributed by atoms with E-state index in [1.54, 1.807) is 0 Å². The molecule has 0 aliphatic rings. The van der Waals surface area contributed by atoms with Crippen LogP contribution in [0.3, 0.4) is 0 Å². The number of anilines is 1. The Morgan fingerprint density at radius 3 is 2.73 bits per heavy atom. The summed E-state index contributed by atoms with van der Waals surface area (Å²) in [6.07, 6.45) is -4.91. The number of hydrogen-bond donors (Lipinski definition) is 2. The second-order valence-electron chi connectivity index (χ2n) is 2.76. The number of amides is 1. The maximum atomic E-state index is 11.7. The van der Waals surface area contributed by atoms with Crippen LogP contribution in [0.1, 0.15) is 12.8 Å². The number of halogens is 4. The van der Waals surface area contributed by atoms with Crippen LogP contribution in [-0.4, -0.2) is 22.3 Å². The molecule has 1 aromatic rings. The molecule has 0 atom stereocenters. The van der Waals surface area contributed by atoms with Crippen LogP contribution in [0.5, 0.6) is 0 Å². The summed E-state index contributed by atoms with van der Waals surface area (Å²) in [5.41, 5.74) is 0.170. The van der Waals surface area contributed by atoms with Crippen molar-refractivity contribution in [3.8, 4) is 0 Å². The van der Waals surface area contributed by atoms with Crippen molar-refractivity contribution in [2.75, 3.05) is 5.32 Å². The first-order valence-electron chi connectivity index (χ1n) is 3.94. The van der Waals surface area contributed by atoms with Crippen LogP contribution < -0.4 is 5.32 Å². The normalized spacial score (nSPS) is 11.5. The number of carbonyl (C=O) groups excluding carboxylic acids is 1. The Hall–Kier alpha value is -1.24. The first kappa shape index (κ1) is 11.8. The molecule has 1 rings (SSSR count). The van der Waals surface area contributed by atoms with E-state index >= 15 is 0 Å². The molecule has 1 heterocycles. The maximum absolute atomic E-state index is 11.7. The van der Waals surface area contributed by atoms with Gasteiger partial charge in [0.2, 0.25) is 5.91 Å². The van der Waals surface area contributed by atoms with Crippen LogP contribution in [0.2, 0.25) is 5.15 Å². The van der Waals surface area contributed by atoms with Crippen molar-refractivity contribution >= 4 is 23.2 Å². The van der Waals surface area contributed by atoms with Gasteiger partial charge in [0, 0.05) is 6.42 Å². The second-order valence-corrected chi connectivity index (χ2v) is 3.14. The zero-order valence-corrected chi connectivity index (χ0v) is 8.11. The Morgan fingerprint density at radius 1 is 1.60 bits per heavy atom. The van der Waals surface area contributed by atoms with E-state index in [2.05, 4.69) is 15.5 Å². The molecule has 0 aliphatic heterocycles. The van der Waals surface area contributed by atoms with Crippen molar-refractivity contribution < 1.29 is 18.0 Å².